The van der Waals surface area contributed by atoms with Gasteiger partial charge in [0.2, 0.25) is 11.8 Å². The number of nitriles is 1. The van der Waals surface area contributed by atoms with E-state index >= 15 is 0 Å². The molecule has 1 heterocycles. The van der Waals surface area contributed by atoms with Gasteiger partial charge in [0, 0.05) is 24.1 Å². The topological polar surface area (TPSA) is 73.2 Å². The maximum atomic E-state index is 12.0. The highest BCUT2D eigenvalue weighted by Crippen LogP contribution is 2.18. The zero-order valence-electron chi connectivity index (χ0n) is 12.9. The van der Waals surface area contributed by atoms with Gasteiger partial charge in [0.1, 0.15) is 6.42 Å². The highest BCUT2D eigenvalue weighted by molar-refractivity contribution is 9.10. The van der Waals surface area contributed by atoms with Crippen molar-refractivity contribution >= 4 is 27.7 Å². The lowest BCUT2D eigenvalue weighted by atomic mass is 9.96. The number of carbonyl (C=O) groups is 2. The van der Waals surface area contributed by atoms with E-state index in [0.717, 1.165) is 22.9 Å². The first kappa shape index (κ1) is 17.5. The summed E-state index contributed by atoms with van der Waals surface area (Å²) >= 11 is 3.44. The van der Waals surface area contributed by atoms with Gasteiger partial charge >= 0.3 is 0 Å². The summed E-state index contributed by atoms with van der Waals surface area (Å²) < 4.78 is 0.944. The first-order valence-electron chi connectivity index (χ1n) is 7.75. The summed E-state index contributed by atoms with van der Waals surface area (Å²) in [5.74, 6) is 0.313. The predicted octanol–water partition coefficient (Wildman–Crippen LogP) is 2.26. The minimum Gasteiger partial charge on any atom is -0.356 e. The first-order chi connectivity index (χ1) is 11.1. The maximum Gasteiger partial charge on any atom is 0.236 e. The average Bonchev–Trinajstić information content (AvgIpc) is 2.56. The second kappa shape index (κ2) is 8.68. The van der Waals surface area contributed by atoms with Gasteiger partial charge in [0.15, 0.2) is 0 Å². The first-order valence-corrected chi connectivity index (χ1v) is 8.54. The van der Waals surface area contributed by atoms with Crippen LogP contribution in [0.3, 0.4) is 0 Å². The molecule has 0 bridgehead atoms. The van der Waals surface area contributed by atoms with Crippen molar-refractivity contribution in [2.45, 2.75) is 25.7 Å². The number of piperidine rings is 1. The third-order valence-corrected chi connectivity index (χ3v) is 4.87. The molecule has 1 N–H and O–H groups in total. The predicted molar refractivity (Wildman–Crippen MR) is 90.4 cm³/mol. The Hall–Kier alpha value is -1.87. The second-order valence-electron chi connectivity index (χ2n) is 5.73. The molecular weight excluding hydrogens is 358 g/mol. The maximum absolute atomic E-state index is 12.0. The van der Waals surface area contributed by atoms with Crippen molar-refractivity contribution in [1.82, 2.24) is 10.2 Å². The van der Waals surface area contributed by atoms with E-state index in [2.05, 4.69) is 21.2 Å². The molecule has 2 rings (SSSR count). The van der Waals surface area contributed by atoms with Crippen LogP contribution >= 0.6 is 15.9 Å². The smallest absolute Gasteiger partial charge is 0.236 e. The molecule has 1 aliphatic heterocycles. The number of carbonyl (C=O) groups excluding carboxylic acids is 2. The summed E-state index contributed by atoms with van der Waals surface area (Å²) in [5, 5.41) is 11.5. The third kappa shape index (κ3) is 5.36. The van der Waals surface area contributed by atoms with Crippen LogP contribution in [0.5, 0.6) is 0 Å². The van der Waals surface area contributed by atoms with Gasteiger partial charge < -0.3 is 10.2 Å². The van der Waals surface area contributed by atoms with Gasteiger partial charge in [-0.3, -0.25) is 9.59 Å². The van der Waals surface area contributed by atoms with Gasteiger partial charge in [0.25, 0.3) is 0 Å². The molecule has 0 unspecified atom stereocenters. The zero-order chi connectivity index (χ0) is 16.7. The molecule has 0 spiro atoms. The van der Waals surface area contributed by atoms with E-state index in [0.29, 0.717) is 32.0 Å². The molecule has 1 fully saturated rings. The molecule has 0 saturated carbocycles. The molecule has 1 aromatic rings. The normalized spacial score (nSPS) is 15.0. The van der Waals surface area contributed by atoms with Crippen LogP contribution in [0.15, 0.2) is 28.7 Å². The Morgan fingerprint density at radius 3 is 2.65 bits per heavy atom. The van der Waals surface area contributed by atoms with Gasteiger partial charge in [0.05, 0.1) is 12.5 Å². The van der Waals surface area contributed by atoms with E-state index in [4.69, 9.17) is 5.26 Å². The van der Waals surface area contributed by atoms with Crippen LogP contribution in [0.1, 0.15) is 24.8 Å². The van der Waals surface area contributed by atoms with Crippen molar-refractivity contribution in [1.29, 1.82) is 5.26 Å². The third-order valence-electron chi connectivity index (χ3n) is 4.09. The quantitative estimate of drug-likeness (QED) is 0.854. The summed E-state index contributed by atoms with van der Waals surface area (Å²) in [6.45, 7) is 1.99. The Bertz CT molecular complexity index is 604. The summed E-state index contributed by atoms with van der Waals surface area (Å²) in [6.07, 6.45) is 2.05. The van der Waals surface area contributed by atoms with Gasteiger partial charge in [-0.1, -0.05) is 34.1 Å². The number of halogens is 1. The van der Waals surface area contributed by atoms with Crippen molar-refractivity contribution in [3.63, 3.8) is 0 Å². The molecule has 1 saturated heterocycles. The van der Waals surface area contributed by atoms with Crippen molar-refractivity contribution in [2.24, 2.45) is 5.92 Å². The number of hydrogen-bond acceptors (Lipinski definition) is 3. The fourth-order valence-electron chi connectivity index (χ4n) is 2.70. The number of likely N-dealkylation sites (tertiary alicyclic amines) is 1. The van der Waals surface area contributed by atoms with Gasteiger partial charge in [-0.15, -0.1) is 0 Å². The largest absolute Gasteiger partial charge is 0.356 e. The average molecular weight is 378 g/mol. The minimum absolute atomic E-state index is 0.0138. The molecule has 1 aliphatic rings. The van der Waals surface area contributed by atoms with Crippen LogP contribution in [0, 0.1) is 17.2 Å². The van der Waals surface area contributed by atoms with E-state index in [1.165, 1.54) is 0 Å². The Kier molecular flexibility index (Phi) is 6.60. The van der Waals surface area contributed by atoms with Gasteiger partial charge in [-0.25, -0.2) is 0 Å². The summed E-state index contributed by atoms with van der Waals surface area (Å²) in [6, 6.07) is 9.59. The highest BCUT2D eigenvalue weighted by atomic mass is 79.9. The van der Waals surface area contributed by atoms with Crippen LogP contribution in [0.2, 0.25) is 0 Å². The second-order valence-corrected chi connectivity index (χ2v) is 6.59. The van der Waals surface area contributed by atoms with Crippen LogP contribution in [0.25, 0.3) is 0 Å². The molecule has 1 aromatic carbocycles. The molecule has 0 aromatic heterocycles. The van der Waals surface area contributed by atoms with Crippen molar-refractivity contribution < 1.29 is 9.59 Å². The molecule has 23 heavy (non-hydrogen) atoms. The van der Waals surface area contributed by atoms with Gasteiger partial charge in [-0.05, 0) is 30.4 Å². The van der Waals surface area contributed by atoms with Crippen LogP contribution in [0.4, 0.5) is 0 Å². The number of rotatable bonds is 5. The Morgan fingerprint density at radius 2 is 2.00 bits per heavy atom. The molecule has 2 amide bonds. The van der Waals surface area contributed by atoms with Crippen LogP contribution < -0.4 is 5.32 Å². The summed E-state index contributed by atoms with van der Waals surface area (Å²) in [5.41, 5.74) is 0.974. The van der Waals surface area contributed by atoms with Crippen LogP contribution in [-0.2, 0) is 16.0 Å². The molecule has 0 atom stereocenters. The van der Waals surface area contributed by atoms with E-state index in [1.54, 1.807) is 4.90 Å². The highest BCUT2D eigenvalue weighted by Gasteiger charge is 2.22. The van der Waals surface area contributed by atoms with Crippen molar-refractivity contribution in [2.75, 3.05) is 19.6 Å². The van der Waals surface area contributed by atoms with E-state index < -0.39 is 0 Å². The summed E-state index contributed by atoms with van der Waals surface area (Å²) in [4.78, 5) is 25.4. The van der Waals surface area contributed by atoms with Crippen LogP contribution in [-0.4, -0.2) is 36.3 Å². The van der Waals surface area contributed by atoms with Gasteiger partial charge in [-0.2, -0.15) is 5.26 Å². The summed E-state index contributed by atoms with van der Waals surface area (Å²) in [7, 11) is 0. The van der Waals surface area contributed by atoms with E-state index in [-0.39, 0.29) is 18.2 Å². The molecule has 6 heteroatoms. The number of amides is 2. The number of nitrogens with zero attached hydrogens (tertiary/aromatic N) is 2. The lowest BCUT2D eigenvalue weighted by molar-refractivity contribution is -0.131. The Morgan fingerprint density at radius 1 is 1.30 bits per heavy atom. The van der Waals surface area contributed by atoms with Crippen molar-refractivity contribution in [3.8, 4) is 6.07 Å². The monoisotopic (exact) mass is 377 g/mol. The lowest BCUT2D eigenvalue weighted by Crippen LogP contribution is -2.41. The standard InChI is InChI=1S/C17H20BrN3O2/c18-15-4-2-1-3-14(15)11-16(22)20-12-13-6-9-21(10-7-13)17(23)5-8-19/h1-4,13H,5-7,9-12H2,(H,20,22). The minimum atomic E-state index is -0.0936. The Labute approximate surface area is 144 Å². The lowest BCUT2D eigenvalue weighted by Gasteiger charge is -2.31. The number of hydrogen-bond donors (Lipinski definition) is 1. The SMILES string of the molecule is N#CCC(=O)N1CCC(CNC(=O)Cc2ccccc2Br)CC1. The van der Waals surface area contributed by atoms with E-state index in [1.807, 2.05) is 30.3 Å². The molecular formula is C17H20BrN3O2. The van der Waals surface area contributed by atoms with Crippen molar-refractivity contribution in [3.05, 3.63) is 34.3 Å². The number of nitrogens with one attached hydrogen (secondary N) is 1. The number of benzene rings is 1. The fourth-order valence-corrected chi connectivity index (χ4v) is 3.13. The Balaban J connectivity index is 1.71. The molecule has 0 aliphatic carbocycles. The molecule has 0 radical (unpaired) electrons. The molecule has 5 nitrogen and oxygen atoms in total. The van der Waals surface area contributed by atoms with E-state index in [9.17, 15) is 9.59 Å². The fraction of sp³-hybridized carbons (Fsp3) is 0.471. The zero-order valence-corrected chi connectivity index (χ0v) is 14.5. The molecule has 122 valence electrons.